The summed E-state index contributed by atoms with van der Waals surface area (Å²) in [6.07, 6.45) is 5.92. The molecule has 0 aliphatic carbocycles. The van der Waals surface area contributed by atoms with Gasteiger partial charge in [-0.05, 0) is 12.8 Å². The van der Waals surface area contributed by atoms with Crippen LogP contribution < -0.4 is 6.15 Å². The highest BCUT2D eigenvalue weighted by Crippen LogP contribution is 2.00. The molecule has 3 heteroatoms. The minimum absolute atomic E-state index is 0. The quantitative estimate of drug-likeness (QED) is 0.494. The van der Waals surface area contributed by atoms with E-state index in [9.17, 15) is 4.79 Å². The van der Waals surface area contributed by atoms with Crippen molar-refractivity contribution < 1.29 is 9.53 Å². The number of rotatable bonds is 7. The van der Waals surface area contributed by atoms with Crippen molar-refractivity contribution in [3.05, 3.63) is 0 Å². The van der Waals surface area contributed by atoms with E-state index in [1.165, 1.54) is 0 Å². The van der Waals surface area contributed by atoms with Crippen LogP contribution in [0.2, 0.25) is 0 Å². The van der Waals surface area contributed by atoms with Crippen LogP contribution in [0, 0.1) is 0 Å². The molecule has 0 unspecified atom stereocenters. The monoisotopic (exact) mass is 189 g/mol. The lowest BCUT2D eigenvalue weighted by Gasteiger charge is -2.02. The van der Waals surface area contributed by atoms with E-state index in [0.29, 0.717) is 13.0 Å². The van der Waals surface area contributed by atoms with Crippen LogP contribution in [-0.2, 0) is 9.53 Å². The van der Waals surface area contributed by atoms with Gasteiger partial charge in [-0.2, -0.15) is 0 Å². The molecule has 0 fully saturated rings. The first-order chi connectivity index (χ1) is 5.81. The summed E-state index contributed by atoms with van der Waals surface area (Å²) in [5.74, 6) is -0.0306. The van der Waals surface area contributed by atoms with Crippen molar-refractivity contribution in [3.63, 3.8) is 0 Å². The van der Waals surface area contributed by atoms with Crippen molar-refractivity contribution in [2.24, 2.45) is 0 Å². The molecule has 0 bridgehead atoms. The summed E-state index contributed by atoms with van der Waals surface area (Å²) in [5.41, 5.74) is 0. The highest BCUT2D eigenvalue weighted by atomic mass is 16.5. The fraction of sp³-hybridized carbons (Fsp3) is 0.900. The maximum absolute atomic E-state index is 11.0. The van der Waals surface area contributed by atoms with Gasteiger partial charge < -0.3 is 10.9 Å². The van der Waals surface area contributed by atoms with Gasteiger partial charge in [0.05, 0.1) is 6.61 Å². The second kappa shape index (κ2) is 11.4. The summed E-state index contributed by atoms with van der Waals surface area (Å²) in [4.78, 5) is 11.0. The SMILES string of the molecule is CCCCCC(=O)OCCCC.N. The maximum Gasteiger partial charge on any atom is 0.305 e. The summed E-state index contributed by atoms with van der Waals surface area (Å²) >= 11 is 0. The molecule has 0 saturated carbocycles. The zero-order valence-electron chi connectivity index (χ0n) is 8.97. The molecule has 0 radical (unpaired) electrons. The Hall–Kier alpha value is -0.570. The molecule has 3 N–H and O–H groups in total. The highest BCUT2D eigenvalue weighted by molar-refractivity contribution is 5.69. The van der Waals surface area contributed by atoms with E-state index in [4.69, 9.17) is 4.74 Å². The summed E-state index contributed by atoms with van der Waals surface area (Å²) in [6, 6.07) is 0. The summed E-state index contributed by atoms with van der Waals surface area (Å²) in [5, 5.41) is 0. The van der Waals surface area contributed by atoms with Gasteiger partial charge in [0.2, 0.25) is 0 Å². The van der Waals surface area contributed by atoms with E-state index >= 15 is 0 Å². The number of carbonyl (C=O) groups excluding carboxylic acids is 1. The Morgan fingerprint density at radius 1 is 1.08 bits per heavy atom. The predicted octanol–water partition coefficient (Wildman–Crippen LogP) is 3.07. The number of hydrogen-bond acceptors (Lipinski definition) is 3. The molecule has 0 aliphatic heterocycles. The lowest BCUT2D eigenvalue weighted by molar-refractivity contribution is -0.143. The molecule has 0 aromatic heterocycles. The zero-order valence-corrected chi connectivity index (χ0v) is 8.97. The molecule has 0 atom stereocenters. The molecule has 0 amide bonds. The summed E-state index contributed by atoms with van der Waals surface area (Å²) in [6.45, 7) is 4.81. The molecule has 13 heavy (non-hydrogen) atoms. The van der Waals surface area contributed by atoms with Gasteiger partial charge in [-0.15, -0.1) is 0 Å². The first-order valence-electron chi connectivity index (χ1n) is 4.96. The van der Waals surface area contributed by atoms with E-state index in [0.717, 1.165) is 32.1 Å². The van der Waals surface area contributed by atoms with Gasteiger partial charge in [-0.1, -0.05) is 33.1 Å². The minimum atomic E-state index is -0.0306. The van der Waals surface area contributed by atoms with Crippen LogP contribution in [0.1, 0.15) is 52.4 Å². The lowest BCUT2D eigenvalue weighted by Crippen LogP contribution is -2.05. The van der Waals surface area contributed by atoms with Crippen LogP contribution in [-0.4, -0.2) is 12.6 Å². The molecular weight excluding hydrogens is 166 g/mol. The summed E-state index contributed by atoms with van der Waals surface area (Å²) < 4.78 is 4.99. The molecule has 0 aromatic carbocycles. The van der Waals surface area contributed by atoms with E-state index in [1.807, 2.05) is 0 Å². The van der Waals surface area contributed by atoms with Gasteiger partial charge in [-0.25, -0.2) is 0 Å². The van der Waals surface area contributed by atoms with Crippen molar-refractivity contribution in [3.8, 4) is 0 Å². The van der Waals surface area contributed by atoms with E-state index in [-0.39, 0.29) is 12.1 Å². The standard InChI is InChI=1S/C10H20O2.H3N/c1-3-5-7-8-10(11)12-9-6-4-2;/h3-9H2,1-2H3;1H3. The van der Waals surface area contributed by atoms with Crippen molar-refractivity contribution >= 4 is 5.97 Å². The van der Waals surface area contributed by atoms with Crippen LogP contribution in [0.4, 0.5) is 0 Å². The second-order valence-corrected chi connectivity index (χ2v) is 3.03. The van der Waals surface area contributed by atoms with Crippen molar-refractivity contribution in [1.82, 2.24) is 6.15 Å². The van der Waals surface area contributed by atoms with Crippen molar-refractivity contribution in [2.75, 3.05) is 6.61 Å². The van der Waals surface area contributed by atoms with E-state index < -0.39 is 0 Å². The minimum Gasteiger partial charge on any atom is -0.466 e. The van der Waals surface area contributed by atoms with Crippen LogP contribution in [0.25, 0.3) is 0 Å². The number of ether oxygens (including phenoxy) is 1. The van der Waals surface area contributed by atoms with Crippen LogP contribution in [0.3, 0.4) is 0 Å². The van der Waals surface area contributed by atoms with Gasteiger partial charge >= 0.3 is 5.97 Å². The van der Waals surface area contributed by atoms with Crippen molar-refractivity contribution in [1.29, 1.82) is 0 Å². The van der Waals surface area contributed by atoms with Gasteiger partial charge in [0.25, 0.3) is 0 Å². The van der Waals surface area contributed by atoms with Gasteiger partial charge in [-0.3, -0.25) is 4.79 Å². The Morgan fingerprint density at radius 3 is 2.23 bits per heavy atom. The molecule has 0 spiro atoms. The Kier molecular flexibility index (Phi) is 13.1. The third-order valence-electron chi connectivity index (χ3n) is 1.75. The fourth-order valence-electron chi connectivity index (χ4n) is 0.922. The third kappa shape index (κ3) is 11.4. The highest BCUT2D eigenvalue weighted by Gasteiger charge is 2.00. The molecule has 0 aromatic rings. The molecule has 0 aliphatic rings. The van der Waals surface area contributed by atoms with Crippen LogP contribution in [0.15, 0.2) is 0 Å². The molecule has 0 heterocycles. The Balaban J connectivity index is 0. The molecule has 0 rings (SSSR count). The number of hydrogen-bond donors (Lipinski definition) is 1. The van der Waals surface area contributed by atoms with Crippen molar-refractivity contribution in [2.45, 2.75) is 52.4 Å². The van der Waals surface area contributed by atoms with E-state index in [1.54, 1.807) is 0 Å². The molecule has 80 valence electrons. The zero-order chi connectivity index (χ0) is 9.23. The topological polar surface area (TPSA) is 61.3 Å². The predicted molar refractivity (Wildman–Crippen MR) is 55.0 cm³/mol. The summed E-state index contributed by atoms with van der Waals surface area (Å²) in [7, 11) is 0. The lowest BCUT2D eigenvalue weighted by atomic mass is 10.2. The van der Waals surface area contributed by atoms with Crippen LogP contribution >= 0.6 is 0 Å². The molecule has 3 nitrogen and oxygen atoms in total. The fourth-order valence-corrected chi connectivity index (χ4v) is 0.922. The second-order valence-electron chi connectivity index (χ2n) is 3.03. The van der Waals surface area contributed by atoms with Gasteiger partial charge in [0.15, 0.2) is 0 Å². The number of carbonyl (C=O) groups is 1. The van der Waals surface area contributed by atoms with Crippen LogP contribution in [0.5, 0.6) is 0 Å². The smallest absolute Gasteiger partial charge is 0.305 e. The molecule has 0 saturated heterocycles. The first-order valence-corrected chi connectivity index (χ1v) is 4.96. The molecular formula is C10H23NO2. The normalized spacial score (nSPS) is 9.08. The average Bonchev–Trinajstić information content (AvgIpc) is 2.06. The first kappa shape index (κ1) is 14.9. The number of unbranched alkanes of at least 4 members (excludes halogenated alkanes) is 3. The Bertz CT molecular complexity index is 103. The largest absolute Gasteiger partial charge is 0.466 e. The Labute approximate surface area is 81.4 Å². The third-order valence-corrected chi connectivity index (χ3v) is 1.75. The van der Waals surface area contributed by atoms with E-state index in [2.05, 4.69) is 13.8 Å². The number of esters is 1. The Morgan fingerprint density at radius 2 is 1.69 bits per heavy atom. The van der Waals surface area contributed by atoms with Gasteiger partial charge in [0, 0.05) is 6.42 Å². The average molecular weight is 189 g/mol. The maximum atomic E-state index is 11.0. The van der Waals surface area contributed by atoms with Gasteiger partial charge in [0.1, 0.15) is 0 Å².